The number of carbonyl (C=O) groups excluding carboxylic acids is 1. The summed E-state index contributed by atoms with van der Waals surface area (Å²) in [6, 6.07) is 9.90. The van der Waals surface area contributed by atoms with E-state index in [0.29, 0.717) is 0 Å². The van der Waals surface area contributed by atoms with Crippen LogP contribution in [0.15, 0.2) is 30.3 Å². The van der Waals surface area contributed by atoms with Gasteiger partial charge in [-0.2, -0.15) is 0 Å². The van der Waals surface area contributed by atoms with Crippen LogP contribution in [0.4, 0.5) is 0 Å². The van der Waals surface area contributed by atoms with Crippen LogP contribution in [-0.4, -0.2) is 10.9 Å². The van der Waals surface area contributed by atoms with E-state index in [-0.39, 0.29) is 11.0 Å². The van der Waals surface area contributed by atoms with Gasteiger partial charge in [0.25, 0.3) is 0 Å². The zero-order chi connectivity index (χ0) is 9.68. The van der Waals surface area contributed by atoms with Gasteiger partial charge in [0.05, 0.1) is 5.92 Å². The number of benzene rings is 1. The van der Waals surface area contributed by atoms with Crippen LogP contribution < -0.4 is 0 Å². The van der Waals surface area contributed by atoms with Crippen LogP contribution in [0.25, 0.3) is 0 Å². The van der Waals surface area contributed by atoms with Crippen molar-refractivity contribution in [3.05, 3.63) is 35.9 Å². The second-order valence-corrected chi connectivity index (χ2v) is 4.15. The van der Waals surface area contributed by atoms with E-state index in [1.807, 2.05) is 44.2 Å². The molecule has 0 N–H and O–H groups in total. The zero-order valence-electron chi connectivity index (χ0n) is 7.99. The molecule has 0 saturated heterocycles. The molecule has 1 rings (SSSR count). The Morgan fingerprint density at radius 3 is 2.54 bits per heavy atom. The molecule has 1 aromatic carbocycles. The molecular formula is C11H14OS. The Morgan fingerprint density at radius 2 is 2.00 bits per heavy atom. The van der Waals surface area contributed by atoms with Gasteiger partial charge in [0.15, 0.2) is 5.12 Å². The molecule has 0 aliphatic carbocycles. The van der Waals surface area contributed by atoms with Crippen molar-refractivity contribution in [2.45, 2.75) is 19.8 Å². The Balaban J connectivity index is 2.68. The van der Waals surface area contributed by atoms with E-state index in [4.69, 9.17) is 0 Å². The van der Waals surface area contributed by atoms with Gasteiger partial charge in [0, 0.05) is 0 Å². The van der Waals surface area contributed by atoms with Crippen LogP contribution in [0.2, 0.25) is 0 Å². The van der Waals surface area contributed by atoms with E-state index in [1.165, 1.54) is 11.8 Å². The van der Waals surface area contributed by atoms with Crippen LogP contribution >= 0.6 is 11.8 Å². The van der Waals surface area contributed by atoms with Gasteiger partial charge in [0.2, 0.25) is 0 Å². The fourth-order valence-electron chi connectivity index (χ4n) is 1.15. The molecule has 1 aromatic rings. The lowest BCUT2D eigenvalue weighted by atomic mass is 10.0. The molecule has 0 fully saturated rings. The monoisotopic (exact) mass is 194 g/mol. The Bertz CT molecular complexity index is 269. The van der Waals surface area contributed by atoms with Crippen molar-refractivity contribution in [1.29, 1.82) is 0 Å². The van der Waals surface area contributed by atoms with E-state index in [0.717, 1.165) is 11.3 Å². The fraction of sp³-hybridized carbons (Fsp3) is 0.364. The molecule has 0 amide bonds. The minimum absolute atomic E-state index is 0.0196. The number of hydrogen-bond donors (Lipinski definition) is 0. The summed E-state index contributed by atoms with van der Waals surface area (Å²) in [6.45, 7) is 3.96. The first-order valence-corrected chi connectivity index (χ1v) is 5.46. The highest BCUT2D eigenvalue weighted by molar-refractivity contribution is 8.13. The van der Waals surface area contributed by atoms with Crippen LogP contribution in [-0.2, 0) is 4.79 Å². The van der Waals surface area contributed by atoms with E-state index in [2.05, 4.69) is 0 Å². The molecule has 70 valence electrons. The summed E-state index contributed by atoms with van der Waals surface area (Å²) in [5.41, 5.74) is 1.11. The SMILES string of the molecule is CCSC(=O)[C@H](C)c1ccccc1. The van der Waals surface area contributed by atoms with E-state index < -0.39 is 0 Å². The first-order chi connectivity index (χ1) is 6.25. The molecule has 0 spiro atoms. The molecular weight excluding hydrogens is 180 g/mol. The van der Waals surface area contributed by atoms with E-state index >= 15 is 0 Å². The average molecular weight is 194 g/mol. The van der Waals surface area contributed by atoms with Crippen LogP contribution in [0.5, 0.6) is 0 Å². The average Bonchev–Trinajstić information content (AvgIpc) is 2.18. The van der Waals surface area contributed by atoms with Gasteiger partial charge in [0.1, 0.15) is 0 Å². The van der Waals surface area contributed by atoms with Gasteiger partial charge in [-0.15, -0.1) is 0 Å². The van der Waals surface area contributed by atoms with Crippen molar-refractivity contribution in [2.24, 2.45) is 0 Å². The Labute approximate surface area is 83.5 Å². The molecule has 0 saturated carbocycles. The standard InChI is InChI=1S/C11H14OS/c1-3-13-11(12)9(2)10-7-5-4-6-8-10/h4-9H,3H2,1-2H3/t9-/m1/s1. The zero-order valence-corrected chi connectivity index (χ0v) is 8.80. The van der Waals surface area contributed by atoms with E-state index in [9.17, 15) is 4.79 Å². The van der Waals surface area contributed by atoms with Crippen molar-refractivity contribution in [2.75, 3.05) is 5.75 Å². The van der Waals surface area contributed by atoms with Crippen molar-refractivity contribution < 1.29 is 4.79 Å². The van der Waals surface area contributed by atoms with Gasteiger partial charge >= 0.3 is 0 Å². The number of thioether (sulfide) groups is 1. The third kappa shape index (κ3) is 2.88. The number of rotatable bonds is 3. The Morgan fingerprint density at radius 1 is 1.38 bits per heavy atom. The molecule has 0 radical (unpaired) electrons. The maximum atomic E-state index is 11.5. The fourth-order valence-corrected chi connectivity index (χ4v) is 1.82. The van der Waals surface area contributed by atoms with Gasteiger partial charge < -0.3 is 0 Å². The highest BCUT2D eigenvalue weighted by Gasteiger charge is 2.13. The summed E-state index contributed by atoms with van der Waals surface area (Å²) >= 11 is 1.40. The quantitative estimate of drug-likeness (QED) is 0.735. The van der Waals surface area contributed by atoms with Crippen LogP contribution in [0.3, 0.4) is 0 Å². The maximum Gasteiger partial charge on any atom is 0.196 e. The van der Waals surface area contributed by atoms with Crippen molar-refractivity contribution in [1.82, 2.24) is 0 Å². The normalized spacial score (nSPS) is 12.5. The van der Waals surface area contributed by atoms with Crippen molar-refractivity contribution in [3.63, 3.8) is 0 Å². The van der Waals surface area contributed by atoms with Gasteiger partial charge in [-0.3, -0.25) is 4.79 Å². The summed E-state index contributed by atoms with van der Waals surface area (Å²) in [6.07, 6.45) is 0. The first kappa shape index (κ1) is 10.3. The predicted octanol–water partition coefficient (Wildman–Crippen LogP) is 3.07. The second-order valence-electron chi connectivity index (χ2n) is 2.88. The molecule has 1 atom stereocenters. The lowest BCUT2D eigenvalue weighted by Gasteiger charge is -2.08. The first-order valence-electron chi connectivity index (χ1n) is 4.47. The minimum Gasteiger partial charge on any atom is -0.287 e. The van der Waals surface area contributed by atoms with Crippen molar-refractivity contribution in [3.8, 4) is 0 Å². The van der Waals surface area contributed by atoms with Gasteiger partial charge in [-0.1, -0.05) is 55.9 Å². The number of carbonyl (C=O) groups is 1. The Hall–Kier alpha value is -0.760. The van der Waals surface area contributed by atoms with Crippen LogP contribution in [0, 0.1) is 0 Å². The molecule has 1 nitrogen and oxygen atoms in total. The molecule has 0 heterocycles. The predicted molar refractivity (Wildman–Crippen MR) is 58.0 cm³/mol. The number of hydrogen-bond acceptors (Lipinski definition) is 2. The summed E-state index contributed by atoms with van der Waals surface area (Å²) in [4.78, 5) is 11.5. The van der Waals surface area contributed by atoms with Crippen molar-refractivity contribution >= 4 is 16.9 Å². The lowest BCUT2D eigenvalue weighted by molar-refractivity contribution is -0.111. The van der Waals surface area contributed by atoms with E-state index in [1.54, 1.807) is 0 Å². The molecule has 0 unspecified atom stereocenters. The Kier molecular flexibility index (Phi) is 4.03. The topological polar surface area (TPSA) is 17.1 Å². The summed E-state index contributed by atoms with van der Waals surface area (Å²) in [7, 11) is 0. The molecule has 0 aromatic heterocycles. The largest absolute Gasteiger partial charge is 0.287 e. The molecule has 2 heteroatoms. The molecule has 13 heavy (non-hydrogen) atoms. The third-order valence-corrected chi connectivity index (χ3v) is 2.87. The summed E-state index contributed by atoms with van der Waals surface area (Å²) in [5, 5.41) is 0.258. The van der Waals surface area contributed by atoms with Gasteiger partial charge in [-0.05, 0) is 11.3 Å². The van der Waals surface area contributed by atoms with Gasteiger partial charge in [-0.25, -0.2) is 0 Å². The summed E-state index contributed by atoms with van der Waals surface area (Å²) < 4.78 is 0. The van der Waals surface area contributed by atoms with Crippen LogP contribution in [0.1, 0.15) is 25.3 Å². The molecule has 0 aliphatic rings. The third-order valence-electron chi connectivity index (χ3n) is 1.94. The molecule has 0 bridgehead atoms. The highest BCUT2D eigenvalue weighted by Crippen LogP contribution is 2.21. The second kappa shape index (κ2) is 5.07. The highest BCUT2D eigenvalue weighted by atomic mass is 32.2. The molecule has 0 aliphatic heterocycles. The lowest BCUT2D eigenvalue weighted by Crippen LogP contribution is -2.04. The summed E-state index contributed by atoms with van der Waals surface area (Å²) in [5.74, 6) is 0.877. The minimum atomic E-state index is 0.0196. The smallest absolute Gasteiger partial charge is 0.196 e. The maximum absolute atomic E-state index is 11.5.